The van der Waals surface area contributed by atoms with Crippen molar-refractivity contribution in [1.29, 1.82) is 0 Å². The van der Waals surface area contributed by atoms with Crippen molar-refractivity contribution in [2.45, 2.75) is 19.3 Å². The summed E-state index contributed by atoms with van der Waals surface area (Å²) in [5, 5.41) is 4.91. The molecule has 9 aromatic carbocycles. The highest BCUT2D eigenvalue weighted by molar-refractivity contribution is 6.07. The number of fused-ring (bicyclic) bond motifs is 4. The Morgan fingerprint density at radius 3 is 1.76 bits per heavy atom. The molecule has 0 aromatic heterocycles. The summed E-state index contributed by atoms with van der Waals surface area (Å²) in [4.78, 5) is 4.89. The van der Waals surface area contributed by atoms with Crippen molar-refractivity contribution in [2.75, 3.05) is 9.80 Å². The van der Waals surface area contributed by atoms with Gasteiger partial charge in [0, 0.05) is 33.1 Å². The Labute approximate surface area is 323 Å². The summed E-state index contributed by atoms with van der Waals surface area (Å²) in [6, 6.07) is 75.1. The van der Waals surface area contributed by atoms with Crippen LogP contribution in [0.3, 0.4) is 0 Å². The normalized spacial score (nSPS) is 13.0. The van der Waals surface area contributed by atoms with Gasteiger partial charge in [-0.2, -0.15) is 0 Å². The van der Waals surface area contributed by atoms with Gasteiger partial charge in [-0.25, -0.2) is 0 Å². The van der Waals surface area contributed by atoms with Crippen LogP contribution in [0, 0.1) is 0 Å². The third kappa shape index (κ3) is 5.49. The van der Waals surface area contributed by atoms with Crippen LogP contribution in [-0.4, -0.2) is 0 Å². The first-order valence-electron chi connectivity index (χ1n) is 19.1. The monoisotopic (exact) mass is 704 g/mol. The fourth-order valence-electron chi connectivity index (χ4n) is 8.68. The maximum Gasteiger partial charge on any atom is 0.0618 e. The van der Waals surface area contributed by atoms with Crippen molar-refractivity contribution in [3.63, 3.8) is 0 Å². The van der Waals surface area contributed by atoms with Gasteiger partial charge in [0.05, 0.1) is 22.7 Å². The molecule has 0 aliphatic carbocycles. The molecule has 0 saturated heterocycles. The summed E-state index contributed by atoms with van der Waals surface area (Å²) in [7, 11) is 0. The largest absolute Gasteiger partial charge is 0.310 e. The summed E-state index contributed by atoms with van der Waals surface area (Å²) in [5.74, 6) is 0. The minimum atomic E-state index is -0.228. The fraction of sp³-hybridized carbons (Fsp3) is 0.0566. The molecule has 0 unspecified atom stereocenters. The van der Waals surface area contributed by atoms with E-state index in [-0.39, 0.29) is 5.41 Å². The summed E-state index contributed by atoms with van der Waals surface area (Å²) < 4.78 is 0. The molecule has 0 amide bonds. The van der Waals surface area contributed by atoms with E-state index in [0.29, 0.717) is 0 Å². The molecule has 9 aromatic rings. The second kappa shape index (κ2) is 13.2. The lowest BCUT2D eigenvalue weighted by Crippen LogP contribution is -2.31. The van der Waals surface area contributed by atoms with Gasteiger partial charge in [-0.05, 0) is 87.1 Å². The van der Waals surface area contributed by atoms with E-state index in [4.69, 9.17) is 0 Å². The molecule has 2 nitrogen and oxygen atoms in total. The van der Waals surface area contributed by atoms with Gasteiger partial charge in [-0.3, -0.25) is 0 Å². The third-order valence-corrected chi connectivity index (χ3v) is 11.4. The number of benzene rings is 9. The molecule has 262 valence electrons. The predicted molar refractivity (Wildman–Crippen MR) is 234 cm³/mol. The lowest BCUT2D eigenvalue weighted by Gasteiger charge is -2.43. The van der Waals surface area contributed by atoms with Gasteiger partial charge >= 0.3 is 0 Å². The van der Waals surface area contributed by atoms with Gasteiger partial charge in [0.2, 0.25) is 0 Å². The lowest BCUT2D eigenvalue weighted by atomic mass is 9.72. The first-order valence-corrected chi connectivity index (χ1v) is 19.1. The molecule has 10 rings (SSSR count). The first kappa shape index (κ1) is 32.7. The van der Waals surface area contributed by atoms with Crippen LogP contribution in [0.2, 0.25) is 0 Å². The van der Waals surface area contributed by atoms with Crippen LogP contribution in [0.4, 0.5) is 34.1 Å². The Bertz CT molecular complexity index is 2830. The van der Waals surface area contributed by atoms with Crippen molar-refractivity contribution in [3.05, 3.63) is 217 Å². The van der Waals surface area contributed by atoms with E-state index >= 15 is 0 Å². The predicted octanol–water partition coefficient (Wildman–Crippen LogP) is 14.9. The van der Waals surface area contributed by atoms with Gasteiger partial charge in [-0.15, -0.1) is 0 Å². The summed E-state index contributed by atoms with van der Waals surface area (Å²) in [6.07, 6.45) is 0. The second-order valence-electron chi connectivity index (χ2n) is 15.0. The second-order valence-corrected chi connectivity index (χ2v) is 15.0. The van der Waals surface area contributed by atoms with Gasteiger partial charge < -0.3 is 9.80 Å². The van der Waals surface area contributed by atoms with Crippen LogP contribution in [0.1, 0.15) is 25.0 Å². The zero-order valence-corrected chi connectivity index (χ0v) is 31.0. The van der Waals surface area contributed by atoms with E-state index < -0.39 is 0 Å². The molecule has 2 heteroatoms. The van der Waals surface area contributed by atoms with Gasteiger partial charge in [0.15, 0.2) is 0 Å². The van der Waals surface area contributed by atoms with E-state index in [2.05, 4.69) is 230 Å². The van der Waals surface area contributed by atoms with E-state index in [1.54, 1.807) is 0 Å². The van der Waals surface area contributed by atoms with Gasteiger partial charge in [-0.1, -0.05) is 172 Å². The molecule has 0 radical (unpaired) electrons. The highest BCUT2D eigenvalue weighted by Gasteiger charge is 2.38. The standard InChI is InChI=1S/C53H40N2/c1-53(2)47-25-13-14-26-50(47)55(52-45-24-12-10-19-40(45)30-34-46(52)39-16-5-3-6-17-39)51-35-31-41(36-48(51)53)37-28-32-43(33-29-37)54(42-21-7-4-8-22-42)49-27-15-20-38-18-9-11-23-44(38)49/h3-36H,1-2H3. The van der Waals surface area contributed by atoms with E-state index in [9.17, 15) is 0 Å². The van der Waals surface area contributed by atoms with E-state index in [0.717, 1.165) is 17.1 Å². The maximum atomic E-state index is 2.52. The Kier molecular flexibility index (Phi) is 7.85. The van der Waals surface area contributed by atoms with Crippen molar-refractivity contribution in [1.82, 2.24) is 0 Å². The van der Waals surface area contributed by atoms with Crippen LogP contribution in [0.15, 0.2) is 206 Å². The lowest BCUT2D eigenvalue weighted by molar-refractivity contribution is 0.632. The summed E-state index contributed by atoms with van der Waals surface area (Å²) in [6.45, 7) is 4.75. The molecule has 1 heterocycles. The van der Waals surface area contributed by atoms with E-state index in [1.807, 2.05) is 0 Å². The molecule has 0 fully saturated rings. The Balaban J connectivity index is 1.12. The molecular formula is C53H40N2. The third-order valence-electron chi connectivity index (χ3n) is 11.4. The van der Waals surface area contributed by atoms with Crippen molar-refractivity contribution < 1.29 is 0 Å². The molecule has 0 spiro atoms. The zero-order valence-electron chi connectivity index (χ0n) is 31.0. The van der Waals surface area contributed by atoms with Gasteiger partial charge in [0.25, 0.3) is 0 Å². The van der Waals surface area contributed by atoms with Crippen molar-refractivity contribution >= 4 is 55.7 Å². The average molecular weight is 705 g/mol. The molecule has 1 aliphatic rings. The number of anilines is 6. The first-order chi connectivity index (χ1) is 27.1. The number of nitrogens with zero attached hydrogens (tertiary/aromatic N) is 2. The average Bonchev–Trinajstić information content (AvgIpc) is 3.25. The molecule has 55 heavy (non-hydrogen) atoms. The molecular weight excluding hydrogens is 665 g/mol. The molecule has 0 bridgehead atoms. The quantitative estimate of drug-likeness (QED) is 0.170. The Morgan fingerprint density at radius 2 is 0.982 bits per heavy atom. The zero-order chi connectivity index (χ0) is 36.9. The number of hydrogen-bond donors (Lipinski definition) is 0. The summed E-state index contributed by atoms with van der Waals surface area (Å²) >= 11 is 0. The van der Waals surface area contributed by atoms with Crippen LogP contribution < -0.4 is 9.80 Å². The van der Waals surface area contributed by atoms with Crippen molar-refractivity contribution in [2.24, 2.45) is 0 Å². The Hall–Kier alpha value is -6.90. The van der Waals surface area contributed by atoms with Gasteiger partial charge in [0.1, 0.15) is 0 Å². The molecule has 0 N–H and O–H groups in total. The molecule has 1 aliphatic heterocycles. The smallest absolute Gasteiger partial charge is 0.0618 e. The Morgan fingerprint density at radius 1 is 0.400 bits per heavy atom. The summed E-state index contributed by atoms with van der Waals surface area (Å²) in [5.41, 5.74) is 14.3. The number of hydrogen-bond acceptors (Lipinski definition) is 2. The van der Waals surface area contributed by atoms with Crippen LogP contribution in [0.25, 0.3) is 43.8 Å². The minimum Gasteiger partial charge on any atom is -0.310 e. The van der Waals surface area contributed by atoms with Crippen molar-refractivity contribution in [3.8, 4) is 22.3 Å². The minimum absolute atomic E-state index is 0.228. The van der Waals surface area contributed by atoms with Crippen LogP contribution >= 0.6 is 0 Å². The van der Waals surface area contributed by atoms with Crippen LogP contribution in [0.5, 0.6) is 0 Å². The van der Waals surface area contributed by atoms with Crippen LogP contribution in [-0.2, 0) is 5.41 Å². The molecule has 0 atom stereocenters. The van der Waals surface area contributed by atoms with E-state index in [1.165, 1.54) is 72.0 Å². The molecule has 0 saturated carbocycles. The SMILES string of the molecule is CC1(C)c2ccccc2N(c2c(-c3ccccc3)ccc3ccccc23)c2ccc(-c3ccc(N(c4ccccc4)c4cccc5ccccc45)cc3)cc21. The maximum absolute atomic E-state index is 2.52. The number of para-hydroxylation sites is 2. The topological polar surface area (TPSA) is 6.48 Å². The highest BCUT2D eigenvalue weighted by atomic mass is 15.2. The highest BCUT2D eigenvalue weighted by Crippen LogP contribution is 2.55. The number of rotatable bonds is 6. The fourth-order valence-corrected chi connectivity index (χ4v) is 8.68.